The smallest absolute Gasteiger partial charge is 0.251 e. The monoisotopic (exact) mass is 152 g/mol. The van der Waals surface area contributed by atoms with Crippen molar-refractivity contribution in [2.75, 3.05) is 0 Å². The number of halogens is 1. The van der Waals surface area contributed by atoms with Crippen molar-refractivity contribution in [3.05, 3.63) is 0 Å². The second kappa shape index (κ2) is 0.967. The summed E-state index contributed by atoms with van der Waals surface area (Å²) in [4.78, 5) is 0. The van der Waals surface area contributed by atoms with Crippen LogP contribution in [0.1, 0.15) is 6.92 Å². The zero-order valence-corrected chi connectivity index (χ0v) is 4.90. The zero-order chi connectivity index (χ0) is 4.78. The molecule has 0 saturated carbocycles. The fourth-order valence-electron chi connectivity index (χ4n) is 0.214. The highest BCUT2D eigenvalue weighted by atomic mass is 79.9. The van der Waals surface area contributed by atoms with Gasteiger partial charge in [0.25, 0.3) is 4.70 Å². The topological polar surface area (TPSA) is 32.8 Å². The van der Waals surface area contributed by atoms with E-state index in [4.69, 9.17) is 5.11 Å². The number of ether oxygens (including phenoxy) is 1. The maximum atomic E-state index is 8.59. The molecule has 3 heteroatoms. The molecule has 0 aromatic heterocycles. The van der Waals surface area contributed by atoms with Gasteiger partial charge in [-0.3, -0.25) is 0 Å². The molecule has 1 aliphatic heterocycles. The summed E-state index contributed by atoms with van der Waals surface area (Å²) in [7, 11) is 0. The first-order valence-electron chi connectivity index (χ1n) is 1.72. The van der Waals surface area contributed by atoms with Crippen LogP contribution in [0.5, 0.6) is 0 Å². The molecule has 0 aromatic carbocycles. The maximum Gasteiger partial charge on any atom is 0.251 e. The number of hydrogen-bond donors (Lipinski definition) is 1. The van der Waals surface area contributed by atoms with E-state index in [1.807, 2.05) is 0 Å². The minimum Gasteiger partial charge on any atom is -0.355 e. The normalized spacial score (nSPS) is 55.5. The Kier molecular flexibility index (Phi) is 0.734. The lowest BCUT2D eigenvalue weighted by Crippen LogP contribution is -1.97. The van der Waals surface area contributed by atoms with Gasteiger partial charge in [0.1, 0.15) is 6.10 Å². The van der Waals surface area contributed by atoms with E-state index >= 15 is 0 Å². The molecule has 2 atom stereocenters. The average Bonchev–Trinajstić information content (AvgIpc) is 1.73. The molecule has 2 nitrogen and oxygen atoms in total. The second-order valence-electron chi connectivity index (χ2n) is 1.37. The Balaban J connectivity index is 2.41. The van der Waals surface area contributed by atoms with Crippen LogP contribution in [0, 0.1) is 0 Å². The zero-order valence-electron chi connectivity index (χ0n) is 3.31. The van der Waals surface area contributed by atoms with Crippen LogP contribution >= 0.6 is 15.9 Å². The van der Waals surface area contributed by atoms with Gasteiger partial charge in [0.2, 0.25) is 0 Å². The number of hydrogen-bond acceptors (Lipinski definition) is 2. The van der Waals surface area contributed by atoms with Gasteiger partial charge in [-0.05, 0) is 22.9 Å². The Bertz CT molecular complexity index is 71.2. The van der Waals surface area contributed by atoms with E-state index in [1.54, 1.807) is 6.92 Å². The van der Waals surface area contributed by atoms with Crippen LogP contribution in [0.25, 0.3) is 0 Å². The molecule has 0 radical (unpaired) electrons. The molecule has 1 saturated heterocycles. The Morgan fingerprint density at radius 2 is 2.17 bits per heavy atom. The van der Waals surface area contributed by atoms with Gasteiger partial charge in [0.15, 0.2) is 0 Å². The molecule has 0 bridgehead atoms. The van der Waals surface area contributed by atoms with Crippen molar-refractivity contribution in [2.45, 2.75) is 17.7 Å². The fourth-order valence-corrected chi connectivity index (χ4v) is 0.494. The predicted octanol–water partition coefficient (Wildman–Crippen LogP) is 0.446. The summed E-state index contributed by atoms with van der Waals surface area (Å²) < 4.78 is 3.60. The van der Waals surface area contributed by atoms with E-state index in [0.29, 0.717) is 0 Å². The van der Waals surface area contributed by atoms with Crippen molar-refractivity contribution >= 4 is 15.9 Å². The van der Waals surface area contributed by atoms with Crippen LogP contribution < -0.4 is 0 Å². The molecule has 0 amide bonds. The molecular formula is C3H5BrO2. The summed E-state index contributed by atoms with van der Waals surface area (Å²) in [5.74, 6) is 0. The summed E-state index contributed by atoms with van der Waals surface area (Å²) in [6.07, 6.45) is -0.0301. The summed E-state index contributed by atoms with van der Waals surface area (Å²) >= 11 is 2.88. The Hall–Kier alpha value is 0.400. The van der Waals surface area contributed by atoms with Crippen LogP contribution in [0.3, 0.4) is 0 Å². The van der Waals surface area contributed by atoms with E-state index in [1.165, 1.54) is 0 Å². The molecule has 0 aromatic rings. The van der Waals surface area contributed by atoms with Gasteiger partial charge in [-0.15, -0.1) is 0 Å². The van der Waals surface area contributed by atoms with Gasteiger partial charge in [-0.1, -0.05) is 0 Å². The van der Waals surface area contributed by atoms with Crippen LogP contribution in [0.2, 0.25) is 0 Å². The predicted molar refractivity (Wildman–Crippen MR) is 24.4 cm³/mol. The quantitative estimate of drug-likeness (QED) is 0.404. The third-order valence-corrected chi connectivity index (χ3v) is 1.62. The fraction of sp³-hybridized carbons (Fsp3) is 1.00. The second-order valence-corrected chi connectivity index (χ2v) is 2.51. The van der Waals surface area contributed by atoms with Gasteiger partial charge < -0.3 is 9.84 Å². The molecule has 1 aliphatic rings. The van der Waals surface area contributed by atoms with Crippen LogP contribution in [-0.2, 0) is 4.74 Å². The van der Waals surface area contributed by atoms with Crippen LogP contribution in [-0.4, -0.2) is 15.9 Å². The molecule has 2 unspecified atom stereocenters. The third-order valence-electron chi connectivity index (χ3n) is 0.786. The molecular weight excluding hydrogens is 148 g/mol. The van der Waals surface area contributed by atoms with Gasteiger partial charge >= 0.3 is 0 Å². The lowest BCUT2D eigenvalue weighted by molar-refractivity contribution is 0.130. The first-order valence-corrected chi connectivity index (χ1v) is 2.51. The summed E-state index contributed by atoms with van der Waals surface area (Å²) in [6.45, 7) is 1.79. The molecule has 1 rings (SSSR count). The molecule has 0 spiro atoms. The largest absolute Gasteiger partial charge is 0.355 e. The van der Waals surface area contributed by atoms with E-state index in [2.05, 4.69) is 20.7 Å². The van der Waals surface area contributed by atoms with Crippen molar-refractivity contribution in [3.63, 3.8) is 0 Å². The van der Waals surface area contributed by atoms with Gasteiger partial charge in [-0.2, -0.15) is 0 Å². The summed E-state index contributed by atoms with van der Waals surface area (Å²) in [6, 6.07) is 0. The maximum absolute atomic E-state index is 8.59. The van der Waals surface area contributed by atoms with Crippen molar-refractivity contribution in [1.29, 1.82) is 0 Å². The number of epoxide rings is 1. The highest BCUT2D eigenvalue weighted by Gasteiger charge is 2.49. The lowest BCUT2D eigenvalue weighted by atomic mass is 10.5. The highest BCUT2D eigenvalue weighted by molar-refractivity contribution is 9.10. The lowest BCUT2D eigenvalue weighted by Gasteiger charge is -1.81. The molecule has 1 heterocycles. The standard InChI is InChI=1S/C3H5BrO2/c1-2-3(4,5)6-2/h2,5H,1H3. The first-order chi connectivity index (χ1) is 2.63. The highest BCUT2D eigenvalue weighted by Crippen LogP contribution is 2.38. The third kappa shape index (κ3) is 0.576. The van der Waals surface area contributed by atoms with E-state index in [0.717, 1.165) is 0 Å². The van der Waals surface area contributed by atoms with Gasteiger partial charge in [-0.25, -0.2) is 0 Å². The van der Waals surface area contributed by atoms with E-state index < -0.39 is 4.70 Å². The SMILES string of the molecule is CC1OC1(O)Br. The minimum atomic E-state index is -0.979. The average molecular weight is 153 g/mol. The van der Waals surface area contributed by atoms with Crippen molar-refractivity contribution < 1.29 is 9.84 Å². The van der Waals surface area contributed by atoms with Crippen LogP contribution in [0.4, 0.5) is 0 Å². The van der Waals surface area contributed by atoms with Crippen molar-refractivity contribution in [1.82, 2.24) is 0 Å². The Morgan fingerprint density at radius 1 is 2.00 bits per heavy atom. The first kappa shape index (κ1) is 4.56. The van der Waals surface area contributed by atoms with Crippen LogP contribution in [0.15, 0.2) is 0 Å². The summed E-state index contributed by atoms with van der Waals surface area (Å²) in [5.41, 5.74) is 0. The summed E-state index contributed by atoms with van der Waals surface area (Å²) in [5, 5.41) is 8.59. The molecule has 0 aliphatic carbocycles. The Labute approximate surface area is 44.2 Å². The van der Waals surface area contributed by atoms with Gasteiger partial charge in [0.05, 0.1) is 0 Å². The number of aliphatic hydroxyl groups is 1. The molecule has 1 fully saturated rings. The van der Waals surface area contributed by atoms with Crippen molar-refractivity contribution in [3.8, 4) is 0 Å². The minimum absolute atomic E-state index is 0.0301. The Morgan fingerprint density at radius 3 is 2.17 bits per heavy atom. The number of rotatable bonds is 0. The van der Waals surface area contributed by atoms with E-state index in [9.17, 15) is 0 Å². The molecule has 36 valence electrons. The van der Waals surface area contributed by atoms with E-state index in [-0.39, 0.29) is 6.10 Å². The van der Waals surface area contributed by atoms with Crippen molar-refractivity contribution in [2.24, 2.45) is 0 Å². The molecule has 6 heavy (non-hydrogen) atoms. The number of alkyl halides is 1. The molecule has 1 N–H and O–H groups in total. The van der Waals surface area contributed by atoms with Gasteiger partial charge in [0, 0.05) is 0 Å².